The van der Waals surface area contributed by atoms with Gasteiger partial charge in [-0.1, -0.05) is 0 Å². The first kappa shape index (κ1) is 14.8. The molecule has 7 heteroatoms. The number of rotatable bonds is 3. The molecule has 1 aromatic rings. The number of aryl methyl sites for hydroxylation is 1. The minimum Gasteiger partial charge on any atom is -0.361 e. The molecule has 0 amide bonds. The van der Waals surface area contributed by atoms with Gasteiger partial charge in [-0.25, -0.2) is 0 Å². The van der Waals surface area contributed by atoms with E-state index in [-0.39, 0.29) is 22.9 Å². The topological polar surface area (TPSA) is 85.0 Å². The summed E-state index contributed by atoms with van der Waals surface area (Å²) in [4.78, 5) is 14.4. The van der Waals surface area contributed by atoms with Crippen LogP contribution in [-0.2, 0) is 7.05 Å². The Morgan fingerprint density at radius 1 is 1.40 bits per heavy atom. The highest BCUT2D eigenvalue weighted by atomic mass is 16.6. The summed E-state index contributed by atoms with van der Waals surface area (Å²) in [6, 6.07) is 0.176. The van der Waals surface area contributed by atoms with Crippen molar-refractivity contribution in [2.45, 2.75) is 57.7 Å². The molecule has 0 saturated carbocycles. The Morgan fingerprint density at radius 3 is 2.45 bits per heavy atom. The van der Waals surface area contributed by atoms with Crippen molar-refractivity contribution in [1.82, 2.24) is 14.9 Å². The van der Waals surface area contributed by atoms with E-state index < -0.39 is 4.92 Å². The van der Waals surface area contributed by atoms with Crippen LogP contribution in [0.25, 0.3) is 0 Å². The summed E-state index contributed by atoms with van der Waals surface area (Å²) >= 11 is 0. The van der Waals surface area contributed by atoms with Crippen LogP contribution in [0.3, 0.4) is 0 Å². The van der Waals surface area contributed by atoms with Gasteiger partial charge in [0, 0.05) is 24.2 Å². The first-order valence-corrected chi connectivity index (χ1v) is 6.81. The standard InChI is InChI=1S/C13H23N5O2/c1-12(2)6-9(7-13(3,4)16-12)15-11-10(18(19)20)14-8-17(11)5/h8-9,15-16H,6-7H2,1-5H3. The fourth-order valence-electron chi connectivity index (χ4n) is 3.34. The van der Waals surface area contributed by atoms with Crippen LogP contribution in [0.4, 0.5) is 11.6 Å². The summed E-state index contributed by atoms with van der Waals surface area (Å²) in [5.74, 6) is 0.371. The first-order chi connectivity index (χ1) is 9.10. The fraction of sp³-hybridized carbons (Fsp3) is 0.769. The summed E-state index contributed by atoms with van der Waals surface area (Å²) < 4.78 is 1.67. The molecule has 2 heterocycles. The molecule has 0 radical (unpaired) electrons. The van der Waals surface area contributed by atoms with Gasteiger partial charge in [0.15, 0.2) is 0 Å². The van der Waals surface area contributed by atoms with Crippen molar-refractivity contribution in [3.05, 3.63) is 16.4 Å². The van der Waals surface area contributed by atoms with Gasteiger partial charge < -0.3 is 20.7 Å². The molecule has 0 aliphatic carbocycles. The maximum absolute atomic E-state index is 11.0. The van der Waals surface area contributed by atoms with Crippen molar-refractivity contribution in [2.75, 3.05) is 5.32 Å². The molecule has 0 aromatic carbocycles. The van der Waals surface area contributed by atoms with Crippen LogP contribution >= 0.6 is 0 Å². The number of nitrogens with one attached hydrogen (secondary N) is 2. The Kier molecular flexibility index (Phi) is 3.49. The van der Waals surface area contributed by atoms with Crippen LogP contribution in [0.5, 0.6) is 0 Å². The molecule has 20 heavy (non-hydrogen) atoms. The number of hydrogen-bond acceptors (Lipinski definition) is 5. The number of nitrogens with zero attached hydrogens (tertiary/aromatic N) is 3. The Morgan fingerprint density at radius 2 is 1.95 bits per heavy atom. The van der Waals surface area contributed by atoms with Crippen LogP contribution in [0.15, 0.2) is 6.33 Å². The lowest BCUT2D eigenvalue weighted by Gasteiger charge is -2.46. The third kappa shape index (κ3) is 3.09. The number of nitro groups is 1. The van der Waals surface area contributed by atoms with Gasteiger partial charge in [0.05, 0.1) is 0 Å². The summed E-state index contributed by atoms with van der Waals surface area (Å²) in [7, 11) is 1.76. The summed E-state index contributed by atoms with van der Waals surface area (Å²) in [5, 5.41) is 17.9. The largest absolute Gasteiger partial charge is 0.406 e. The smallest absolute Gasteiger partial charge is 0.361 e. The maximum Gasteiger partial charge on any atom is 0.406 e. The van der Waals surface area contributed by atoms with Gasteiger partial charge >= 0.3 is 5.82 Å². The van der Waals surface area contributed by atoms with Gasteiger partial charge in [-0.2, -0.15) is 0 Å². The average Bonchev–Trinajstić information content (AvgIpc) is 2.55. The van der Waals surface area contributed by atoms with E-state index in [0.29, 0.717) is 5.82 Å². The van der Waals surface area contributed by atoms with Crippen LogP contribution < -0.4 is 10.6 Å². The van der Waals surface area contributed by atoms with Gasteiger partial charge in [0.1, 0.15) is 0 Å². The van der Waals surface area contributed by atoms with E-state index in [2.05, 4.69) is 43.3 Å². The highest BCUT2D eigenvalue weighted by Crippen LogP contribution is 2.32. The van der Waals surface area contributed by atoms with E-state index in [1.807, 2.05) is 0 Å². The monoisotopic (exact) mass is 281 g/mol. The quantitative estimate of drug-likeness (QED) is 0.654. The molecule has 0 spiro atoms. The zero-order chi connectivity index (χ0) is 15.1. The molecule has 7 nitrogen and oxygen atoms in total. The van der Waals surface area contributed by atoms with E-state index in [4.69, 9.17) is 0 Å². The molecular weight excluding hydrogens is 258 g/mol. The van der Waals surface area contributed by atoms with Crippen LogP contribution in [-0.4, -0.2) is 31.6 Å². The normalized spacial score (nSPS) is 21.6. The molecule has 112 valence electrons. The van der Waals surface area contributed by atoms with Gasteiger partial charge in [0.25, 0.3) is 0 Å². The van der Waals surface area contributed by atoms with Crippen molar-refractivity contribution in [3.8, 4) is 0 Å². The Balaban J connectivity index is 2.22. The van der Waals surface area contributed by atoms with E-state index >= 15 is 0 Å². The molecule has 1 aromatic heterocycles. The minimum atomic E-state index is -0.445. The van der Waals surface area contributed by atoms with Gasteiger partial charge in [-0.3, -0.25) is 4.57 Å². The molecular formula is C13H23N5O2. The van der Waals surface area contributed by atoms with Crippen LogP contribution in [0, 0.1) is 10.1 Å². The Labute approximate surface area is 118 Å². The number of aromatic nitrogens is 2. The second-order valence-corrected chi connectivity index (χ2v) is 6.93. The molecule has 1 fully saturated rings. The van der Waals surface area contributed by atoms with E-state index in [1.165, 1.54) is 6.33 Å². The van der Waals surface area contributed by atoms with Gasteiger partial charge in [-0.15, -0.1) is 0 Å². The molecule has 2 N–H and O–H groups in total. The van der Waals surface area contributed by atoms with E-state index in [1.54, 1.807) is 11.6 Å². The summed E-state index contributed by atoms with van der Waals surface area (Å²) in [5.41, 5.74) is -0.0143. The number of piperidine rings is 1. The third-order valence-electron chi connectivity index (χ3n) is 3.62. The number of hydrogen-bond donors (Lipinski definition) is 2. The number of imidazole rings is 1. The predicted octanol–water partition coefficient (Wildman–Crippen LogP) is 2.05. The summed E-state index contributed by atoms with van der Waals surface area (Å²) in [6.07, 6.45) is 3.27. The van der Waals surface area contributed by atoms with Gasteiger partial charge in [0.2, 0.25) is 12.1 Å². The lowest BCUT2D eigenvalue weighted by atomic mass is 9.79. The highest BCUT2D eigenvalue weighted by molar-refractivity contribution is 5.52. The maximum atomic E-state index is 11.0. The van der Waals surface area contributed by atoms with Crippen molar-refractivity contribution < 1.29 is 4.92 Å². The predicted molar refractivity (Wildman–Crippen MR) is 77.8 cm³/mol. The summed E-state index contributed by atoms with van der Waals surface area (Å²) in [6.45, 7) is 8.61. The average molecular weight is 281 g/mol. The van der Waals surface area contributed by atoms with Crippen LogP contribution in [0.2, 0.25) is 0 Å². The van der Waals surface area contributed by atoms with E-state index in [0.717, 1.165) is 12.8 Å². The lowest BCUT2D eigenvalue weighted by molar-refractivity contribution is -0.388. The van der Waals surface area contributed by atoms with Crippen molar-refractivity contribution in [1.29, 1.82) is 0 Å². The molecule has 1 aliphatic heterocycles. The van der Waals surface area contributed by atoms with Gasteiger partial charge in [-0.05, 0) is 50.4 Å². The molecule has 1 aliphatic rings. The zero-order valence-corrected chi connectivity index (χ0v) is 12.7. The zero-order valence-electron chi connectivity index (χ0n) is 12.7. The van der Waals surface area contributed by atoms with Crippen molar-refractivity contribution >= 4 is 11.6 Å². The number of anilines is 1. The highest BCUT2D eigenvalue weighted by Gasteiger charge is 2.38. The SMILES string of the molecule is Cn1cnc([N+](=O)[O-])c1NC1CC(C)(C)NC(C)(C)C1. The van der Waals surface area contributed by atoms with Crippen molar-refractivity contribution in [3.63, 3.8) is 0 Å². The third-order valence-corrected chi connectivity index (χ3v) is 3.62. The molecule has 2 rings (SSSR count). The molecule has 1 saturated heterocycles. The first-order valence-electron chi connectivity index (χ1n) is 6.81. The molecule has 0 bridgehead atoms. The Bertz CT molecular complexity index is 505. The minimum absolute atomic E-state index is 0.00715. The lowest BCUT2D eigenvalue weighted by Crippen LogP contribution is -2.60. The Hall–Kier alpha value is -1.63. The second-order valence-electron chi connectivity index (χ2n) is 6.93. The van der Waals surface area contributed by atoms with Crippen molar-refractivity contribution in [2.24, 2.45) is 7.05 Å². The molecule has 0 unspecified atom stereocenters. The fourth-order valence-corrected chi connectivity index (χ4v) is 3.34. The second kappa shape index (κ2) is 4.73. The van der Waals surface area contributed by atoms with Crippen LogP contribution in [0.1, 0.15) is 40.5 Å². The molecule has 0 atom stereocenters. The van der Waals surface area contributed by atoms with E-state index in [9.17, 15) is 10.1 Å².